The summed E-state index contributed by atoms with van der Waals surface area (Å²) >= 11 is 0. The number of nitrogens with one attached hydrogen (secondary N) is 1. The van der Waals surface area contributed by atoms with E-state index in [0.717, 1.165) is 28.5 Å². The van der Waals surface area contributed by atoms with Gasteiger partial charge in [-0.05, 0) is 55.8 Å². The monoisotopic (exact) mass is 363 g/mol. The molecule has 1 heterocycles. The van der Waals surface area contributed by atoms with Crippen molar-refractivity contribution < 1.29 is 14.9 Å². The molecule has 1 unspecified atom stereocenters. The Hall–Kier alpha value is -2.72. The van der Waals surface area contributed by atoms with E-state index in [9.17, 15) is 10.2 Å². The van der Waals surface area contributed by atoms with Gasteiger partial charge in [-0.15, -0.1) is 0 Å². The van der Waals surface area contributed by atoms with E-state index in [1.54, 1.807) is 7.11 Å². The average molecular weight is 363 g/mol. The van der Waals surface area contributed by atoms with Crippen LogP contribution in [0.4, 0.5) is 0 Å². The molecule has 0 radical (unpaired) electrons. The maximum atomic E-state index is 11.0. The fourth-order valence-electron chi connectivity index (χ4n) is 4.36. The lowest BCUT2D eigenvalue weighted by atomic mass is 9.87. The van der Waals surface area contributed by atoms with Crippen LogP contribution in [0.1, 0.15) is 36.6 Å². The van der Waals surface area contributed by atoms with Gasteiger partial charge < -0.3 is 20.3 Å². The van der Waals surface area contributed by atoms with Crippen molar-refractivity contribution in [2.75, 3.05) is 7.11 Å². The number of phenolic OH excluding ortho intramolecular Hbond substituents is 2. The fraction of sp³-hybridized carbons (Fsp3) is 0.304. The van der Waals surface area contributed by atoms with Crippen molar-refractivity contribution >= 4 is 10.8 Å². The molecule has 3 N–H and O–H groups in total. The van der Waals surface area contributed by atoms with E-state index in [1.165, 1.54) is 0 Å². The van der Waals surface area contributed by atoms with Crippen LogP contribution < -0.4 is 10.1 Å². The topological polar surface area (TPSA) is 61.7 Å². The Morgan fingerprint density at radius 2 is 1.70 bits per heavy atom. The van der Waals surface area contributed by atoms with Crippen molar-refractivity contribution in [3.05, 3.63) is 53.1 Å². The first-order chi connectivity index (χ1) is 12.9. The molecule has 4 rings (SSSR count). The van der Waals surface area contributed by atoms with Crippen molar-refractivity contribution in [3.8, 4) is 28.4 Å². The molecular formula is C23H25NO3. The van der Waals surface area contributed by atoms with E-state index in [2.05, 4.69) is 25.2 Å². The third-order valence-corrected chi connectivity index (χ3v) is 5.51. The SMILES string of the molecule is COc1cc(C)cc2ccc(-c3ccc4c(c3O)C(C)N[C@H](C)C4)c(O)c12. The highest BCUT2D eigenvalue weighted by molar-refractivity contribution is 6.00. The average Bonchev–Trinajstić information content (AvgIpc) is 2.61. The molecule has 0 fully saturated rings. The Bertz CT molecular complexity index is 1040. The lowest BCUT2D eigenvalue weighted by molar-refractivity contribution is 0.409. The Morgan fingerprint density at radius 3 is 2.44 bits per heavy atom. The van der Waals surface area contributed by atoms with Crippen molar-refractivity contribution in [3.63, 3.8) is 0 Å². The minimum Gasteiger partial charge on any atom is -0.507 e. The number of phenols is 2. The highest BCUT2D eigenvalue weighted by atomic mass is 16.5. The Kier molecular flexibility index (Phi) is 4.23. The third-order valence-electron chi connectivity index (χ3n) is 5.51. The van der Waals surface area contributed by atoms with Crippen LogP contribution in [0.5, 0.6) is 17.2 Å². The molecule has 0 aromatic heterocycles. The van der Waals surface area contributed by atoms with Gasteiger partial charge in [0.15, 0.2) is 0 Å². The summed E-state index contributed by atoms with van der Waals surface area (Å²) in [6.07, 6.45) is 0.879. The summed E-state index contributed by atoms with van der Waals surface area (Å²) in [5.74, 6) is 0.996. The number of hydrogen-bond acceptors (Lipinski definition) is 4. The van der Waals surface area contributed by atoms with Crippen LogP contribution in [-0.2, 0) is 6.42 Å². The molecule has 1 aliphatic rings. The molecule has 0 spiro atoms. The Balaban J connectivity index is 1.95. The smallest absolute Gasteiger partial charge is 0.135 e. The van der Waals surface area contributed by atoms with Gasteiger partial charge in [0.25, 0.3) is 0 Å². The van der Waals surface area contributed by atoms with Gasteiger partial charge in [0, 0.05) is 28.8 Å². The van der Waals surface area contributed by atoms with Crippen LogP contribution in [0.25, 0.3) is 21.9 Å². The second-order valence-electron chi connectivity index (χ2n) is 7.56. The van der Waals surface area contributed by atoms with Gasteiger partial charge in [0.1, 0.15) is 17.2 Å². The summed E-state index contributed by atoms with van der Waals surface area (Å²) < 4.78 is 5.50. The zero-order valence-corrected chi connectivity index (χ0v) is 16.1. The summed E-state index contributed by atoms with van der Waals surface area (Å²) in [4.78, 5) is 0. The fourth-order valence-corrected chi connectivity index (χ4v) is 4.36. The summed E-state index contributed by atoms with van der Waals surface area (Å²) in [6.45, 7) is 6.20. The zero-order chi connectivity index (χ0) is 19.3. The van der Waals surface area contributed by atoms with Crippen molar-refractivity contribution in [2.24, 2.45) is 0 Å². The Morgan fingerprint density at radius 1 is 1.00 bits per heavy atom. The number of benzene rings is 3. The number of fused-ring (bicyclic) bond motifs is 2. The molecule has 3 aromatic carbocycles. The molecule has 140 valence electrons. The van der Waals surface area contributed by atoms with E-state index >= 15 is 0 Å². The molecule has 2 atom stereocenters. The van der Waals surface area contributed by atoms with Gasteiger partial charge >= 0.3 is 0 Å². The quantitative estimate of drug-likeness (QED) is 0.610. The van der Waals surface area contributed by atoms with E-state index in [0.29, 0.717) is 28.3 Å². The molecule has 4 heteroatoms. The molecule has 27 heavy (non-hydrogen) atoms. The summed E-state index contributed by atoms with van der Waals surface area (Å²) in [5, 5.41) is 27.1. The van der Waals surface area contributed by atoms with Crippen LogP contribution in [0.15, 0.2) is 36.4 Å². The van der Waals surface area contributed by atoms with Gasteiger partial charge in [0.2, 0.25) is 0 Å². The van der Waals surface area contributed by atoms with E-state index < -0.39 is 0 Å². The number of rotatable bonds is 2. The second-order valence-corrected chi connectivity index (χ2v) is 7.56. The zero-order valence-electron chi connectivity index (χ0n) is 16.1. The van der Waals surface area contributed by atoms with Crippen LogP contribution in [-0.4, -0.2) is 23.4 Å². The van der Waals surface area contributed by atoms with E-state index in [1.807, 2.05) is 37.3 Å². The lowest BCUT2D eigenvalue weighted by Gasteiger charge is -2.30. The molecule has 0 aliphatic carbocycles. The molecule has 0 saturated carbocycles. The van der Waals surface area contributed by atoms with Crippen LogP contribution in [0.2, 0.25) is 0 Å². The van der Waals surface area contributed by atoms with Crippen molar-refractivity contribution in [1.82, 2.24) is 5.32 Å². The first-order valence-electron chi connectivity index (χ1n) is 9.32. The number of methoxy groups -OCH3 is 1. The lowest BCUT2D eigenvalue weighted by Crippen LogP contribution is -2.35. The molecule has 3 aromatic rings. The van der Waals surface area contributed by atoms with E-state index in [4.69, 9.17) is 4.74 Å². The van der Waals surface area contributed by atoms with Crippen LogP contribution in [0.3, 0.4) is 0 Å². The normalized spacial score (nSPS) is 19.1. The molecule has 4 nitrogen and oxygen atoms in total. The molecule has 0 amide bonds. The third kappa shape index (κ3) is 2.81. The summed E-state index contributed by atoms with van der Waals surface area (Å²) in [6, 6.07) is 12.1. The minimum atomic E-state index is 0.0588. The number of aryl methyl sites for hydroxylation is 1. The van der Waals surface area contributed by atoms with Gasteiger partial charge in [-0.25, -0.2) is 0 Å². The number of aromatic hydroxyl groups is 2. The minimum absolute atomic E-state index is 0.0588. The first kappa shape index (κ1) is 17.7. The second kappa shape index (κ2) is 6.46. The number of hydrogen-bond donors (Lipinski definition) is 3. The largest absolute Gasteiger partial charge is 0.507 e. The highest BCUT2D eigenvalue weighted by Gasteiger charge is 2.26. The molecule has 1 aliphatic heterocycles. The predicted molar refractivity (Wildman–Crippen MR) is 109 cm³/mol. The standard InChI is InChI=1S/C23H25NO3/c1-12-9-15-5-7-18(23(26)21(15)19(10-12)27-4)17-8-6-16-11-13(2)24-14(3)20(16)22(17)25/h5-10,13-14,24-26H,11H2,1-4H3/t13-,14?/m1/s1. The molecule has 0 saturated heterocycles. The Labute approximate surface area is 159 Å². The van der Waals surface area contributed by atoms with Crippen molar-refractivity contribution in [2.45, 2.75) is 39.3 Å². The molecule has 0 bridgehead atoms. The highest BCUT2D eigenvalue weighted by Crippen LogP contribution is 2.46. The van der Waals surface area contributed by atoms with Gasteiger partial charge in [-0.2, -0.15) is 0 Å². The molecular weight excluding hydrogens is 338 g/mol. The van der Waals surface area contributed by atoms with Crippen molar-refractivity contribution in [1.29, 1.82) is 0 Å². The van der Waals surface area contributed by atoms with Gasteiger partial charge in [-0.1, -0.05) is 24.3 Å². The summed E-state index contributed by atoms with van der Waals surface area (Å²) in [7, 11) is 1.60. The van der Waals surface area contributed by atoms with E-state index in [-0.39, 0.29) is 17.5 Å². The predicted octanol–water partition coefficient (Wildman–Crippen LogP) is 4.83. The number of ether oxygens (including phenoxy) is 1. The maximum absolute atomic E-state index is 11.0. The van der Waals surface area contributed by atoms with Crippen LogP contribution >= 0.6 is 0 Å². The summed E-state index contributed by atoms with van der Waals surface area (Å²) in [5.41, 5.74) is 4.39. The maximum Gasteiger partial charge on any atom is 0.135 e. The van der Waals surface area contributed by atoms with Gasteiger partial charge in [0.05, 0.1) is 12.5 Å². The van der Waals surface area contributed by atoms with Gasteiger partial charge in [-0.3, -0.25) is 0 Å². The first-order valence-corrected chi connectivity index (χ1v) is 9.32. The van der Waals surface area contributed by atoms with Crippen LogP contribution in [0, 0.1) is 6.92 Å².